The molecule has 0 radical (unpaired) electrons. The van der Waals surface area contributed by atoms with Crippen LogP contribution < -0.4 is 25.6 Å². The molecule has 4 aromatic carbocycles. The molecule has 0 bridgehead atoms. The summed E-state index contributed by atoms with van der Waals surface area (Å²) in [5, 5.41) is 7.39. The monoisotopic (exact) mass is 442 g/mol. The highest BCUT2D eigenvalue weighted by Gasteiger charge is 2.22. The molecule has 0 aliphatic carbocycles. The van der Waals surface area contributed by atoms with Gasteiger partial charge in [0.1, 0.15) is 23.8 Å². The molecular formula is C26H22N2O5. The van der Waals surface area contributed by atoms with Crippen LogP contribution >= 0.6 is 0 Å². The largest absolute Gasteiger partial charge is 0.497 e. The maximum atomic E-state index is 11.9. The molecule has 0 saturated heterocycles. The summed E-state index contributed by atoms with van der Waals surface area (Å²) < 4.78 is 10.3. The van der Waals surface area contributed by atoms with Crippen LogP contribution in [0.25, 0.3) is 0 Å². The Kier molecular flexibility index (Phi) is 6.50. The fourth-order valence-corrected chi connectivity index (χ4v) is 3.33. The molecule has 7 heteroatoms. The third kappa shape index (κ3) is 4.77. The van der Waals surface area contributed by atoms with Gasteiger partial charge in [0.25, 0.3) is 10.9 Å². The SMILES string of the molecule is COc1ccc(C(=NOCc2ccccc2)c2cccc(Nc3c(OC)c(=O)c3=O)c2)cc1. The number of hydrogen-bond acceptors (Lipinski definition) is 7. The number of rotatable bonds is 9. The molecule has 0 atom stereocenters. The van der Waals surface area contributed by atoms with Crippen molar-refractivity contribution in [1.82, 2.24) is 0 Å². The molecular weight excluding hydrogens is 420 g/mol. The van der Waals surface area contributed by atoms with E-state index < -0.39 is 10.9 Å². The Labute approximate surface area is 190 Å². The second-order valence-electron chi connectivity index (χ2n) is 7.20. The number of anilines is 2. The molecule has 0 spiro atoms. The van der Waals surface area contributed by atoms with Crippen LogP contribution in [0, 0.1) is 0 Å². The molecule has 0 fully saturated rings. The molecule has 0 heterocycles. The minimum Gasteiger partial charge on any atom is -0.497 e. The van der Waals surface area contributed by atoms with E-state index in [1.807, 2.05) is 72.8 Å². The van der Waals surface area contributed by atoms with Gasteiger partial charge in [-0.05, 0) is 42.0 Å². The number of oxime groups is 1. The van der Waals surface area contributed by atoms with Gasteiger partial charge in [0.05, 0.1) is 14.2 Å². The molecule has 1 N–H and O–H groups in total. The van der Waals surface area contributed by atoms with E-state index in [0.717, 1.165) is 22.4 Å². The van der Waals surface area contributed by atoms with E-state index in [4.69, 9.17) is 14.3 Å². The van der Waals surface area contributed by atoms with Crippen molar-refractivity contribution >= 4 is 17.1 Å². The normalized spacial score (nSPS) is 11.3. The Bertz CT molecular complexity index is 1340. The van der Waals surface area contributed by atoms with Crippen LogP contribution in [-0.2, 0) is 11.4 Å². The van der Waals surface area contributed by atoms with Gasteiger partial charge in [-0.25, -0.2) is 0 Å². The van der Waals surface area contributed by atoms with Crippen LogP contribution in [0.5, 0.6) is 11.5 Å². The summed E-state index contributed by atoms with van der Waals surface area (Å²) in [6, 6.07) is 24.6. The van der Waals surface area contributed by atoms with Crippen LogP contribution in [0.2, 0.25) is 0 Å². The van der Waals surface area contributed by atoms with Gasteiger partial charge in [-0.1, -0.05) is 47.6 Å². The Morgan fingerprint density at radius 2 is 1.58 bits per heavy atom. The Morgan fingerprint density at radius 1 is 0.818 bits per heavy atom. The van der Waals surface area contributed by atoms with Crippen molar-refractivity contribution < 1.29 is 14.3 Å². The van der Waals surface area contributed by atoms with Crippen molar-refractivity contribution in [2.24, 2.45) is 5.16 Å². The first-order valence-corrected chi connectivity index (χ1v) is 10.2. The number of ether oxygens (including phenoxy) is 2. The zero-order valence-electron chi connectivity index (χ0n) is 18.2. The molecule has 33 heavy (non-hydrogen) atoms. The summed E-state index contributed by atoms with van der Waals surface area (Å²) in [5.41, 5.74) is 2.71. The molecule has 0 amide bonds. The topological polar surface area (TPSA) is 86.2 Å². The van der Waals surface area contributed by atoms with Crippen LogP contribution in [0.15, 0.2) is 93.6 Å². The average Bonchev–Trinajstić information content (AvgIpc) is 2.87. The molecule has 4 rings (SSSR count). The van der Waals surface area contributed by atoms with Crippen LogP contribution in [0.1, 0.15) is 16.7 Å². The lowest BCUT2D eigenvalue weighted by molar-refractivity contribution is 0.131. The number of methoxy groups -OCH3 is 2. The van der Waals surface area contributed by atoms with Gasteiger partial charge in [0.2, 0.25) is 0 Å². The van der Waals surface area contributed by atoms with E-state index in [9.17, 15) is 9.59 Å². The van der Waals surface area contributed by atoms with Crippen LogP contribution in [0.4, 0.5) is 11.4 Å². The summed E-state index contributed by atoms with van der Waals surface area (Å²) in [6.07, 6.45) is 0. The lowest BCUT2D eigenvalue weighted by Crippen LogP contribution is -2.34. The van der Waals surface area contributed by atoms with E-state index in [1.165, 1.54) is 7.11 Å². The van der Waals surface area contributed by atoms with Crippen molar-refractivity contribution in [3.8, 4) is 11.5 Å². The number of nitrogens with one attached hydrogen (secondary N) is 1. The van der Waals surface area contributed by atoms with E-state index in [2.05, 4.69) is 10.5 Å². The average molecular weight is 442 g/mol. The summed E-state index contributed by atoms with van der Waals surface area (Å²) in [6.45, 7) is 0.319. The van der Waals surface area contributed by atoms with Gasteiger partial charge in [-0.2, -0.15) is 0 Å². The molecule has 0 aliphatic rings. The predicted octanol–water partition coefficient (Wildman–Crippen LogP) is 4.01. The van der Waals surface area contributed by atoms with Gasteiger partial charge >= 0.3 is 0 Å². The standard InChI is InChI=1S/C26H22N2O5/c1-31-21-13-11-18(12-14-21)22(28-33-16-17-7-4-3-5-8-17)19-9-6-10-20(15-19)27-23-24(29)25(30)26(23)32-2/h3-15,27H,16H2,1-2H3. The first-order chi connectivity index (χ1) is 16.1. The smallest absolute Gasteiger partial charge is 0.272 e. The fourth-order valence-electron chi connectivity index (χ4n) is 3.33. The molecule has 0 unspecified atom stereocenters. The van der Waals surface area contributed by atoms with Gasteiger partial charge < -0.3 is 19.6 Å². The minimum atomic E-state index is -0.633. The number of benzene rings is 3. The summed E-state index contributed by atoms with van der Waals surface area (Å²) in [7, 11) is 2.97. The van der Waals surface area contributed by atoms with Crippen molar-refractivity contribution in [3.05, 3.63) is 116 Å². The molecule has 0 saturated carbocycles. The van der Waals surface area contributed by atoms with Crippen molar-refractivity contribution in [2.75, 3.05) is 19.5 Å². The lowest BCUT2D eigenvalue weighted by atomic mass is 10.0. The molecule has 0 aliphatic heterocycles. The van der Waals surface area contributed by atoms with Crippen LogP contribution in [0.3, 0.4) is 0 Å². The zero-order chi connectivity index (χ0) is 23.2. The van der Waals surface area contributed by atoms with Gasteiger partial charge in [0, 0.05) is 16.8 Å². The first kappa shape index (κ1) is 21.8. The number of nitrogens with zero attached hydrogens (tertiary/aromatic N) is 1. The summed E-state index contributed by atoms with van der Waals surface area (Å²) >= 11 is 0. The van der Waals surface area contributed by atoms with E-state index in [0.29, 0.717) is 18.0 Å². The highest BCUT2D eigenvalue weighted by molar-refractivity contribution is 6.13. The maximum Gasteiger partial charge on any atom is 0.272 e. The van der Waals surface area contributed by atoms with E-state index in [1.54, 1.807) is 13.2 Å². The molecule has 0 aromatic heterocycles. The minimum absolute atomic E-state index is 0.0284. The zero-order valence-corrected chi connectivity index (χ0v) is 18.2. The number of hydrogen-bond donors (Lipinski definition) is 1. The highest BCUT2D eigenvalue weighted by atomic mass is 16.6. The second kappa shape index (κ2) is 9.82. The summed E-state index contributed by atoms with van der Waals surface area (Å²) in [5.74, 6) is 0.756. The van der Waals surface area contributed by atoms with Gasteiger partial charge in [-0.3, -0.25) is 9.59 Å². The Morgan fingerprint density at radius 3 is 2.27 bits per heavy atom. The van der Waals surface area contributed by atoms with Crippen molar-refractivity contribution in [3.63, 3.8) is 0 Å². The molecule has 4 aromatic rings. The van der Waals surface area contributed by atoms with Crippen molar-refractivity contribution in [1.29, 1.82) is 0 Å². The quantitative estimate of drug-likeness (QED) is 0.239. The Hall–Kier alpha value is -4.39. The Balaban J connectivity index is 1.65. The van der Waals surface area contributed by atoms with Crippen molar-refractivity contribution in [2.45, 2.75) is 6.61 Å². The third-order valence-corrected chi connectivity index (χ3v) is 5.07. The maximum absolute atomic E-state index is 11.9. The summed E-state index contributed by atoms with van der Waals surface area (Å²) in [4.78, 5) is 29.2. The molecule has 166 valence electrons. The highest BCUT2D eigenvalue weighted by Crippen LogP contribution is 2.24. The first-order valence-electron chi connectivity index (χ1n) is 10.2. The van der Waals surface area contributed by atoms with E-state index >= 15 is 0 Å². The van der Waals surface area contributed by atoms with E-state index in [-0.39, 0.29) is 11.4 Å². The van der Waals surface area contributed by atoms with Gasteiger partial charge in [0.15, 0.2) is 5.75 Å². The van der Waals surface area contributed by atoms with Gasteiger partial charge in [-0.15, -0.1) is 0 Å². The third-order valence-electron chi connectivity index (χ3n) is 5.07. The predicted molar refractivity (Wildman–Crippen MR) is 127 cm³/mol. The van der Waals surface area contributed by atoms with Crippen LogP contribution in [-0.4, -0.2) is 19.9 Å². The second-order valence-corrected chi connectivity index (χ2v) is 7.20. The molecule has 7 nitrogen and oxygen atoms in total. The fraction of sp³-hybridized carbons (Fsp3) is 0.115. The lowest BCUT2D eigenvalue weighted by Gasteiger charge is -2.14.